The second-order valence-corrected chi connectivity index (χ2v) is 11.4. The van der Waals surface area contributed by atoms with Gasteiger partial charge in [-0.1, -0.05) is 36.7 Å². The fraction of sp³-hybridized carbons (Fsp3) is 0.235. The summed E-state index contributed by atoms with van der Waals surface area (Å²) in [5.74, 6) is -0.228. The molecule has 0 saturated heterocycles. The second kappa shape index (κ2) is 7.75. The molecule has 144 valence electrons. The molecular formula is C17H17ClN2O4S3. The Morgan fingerprint density at radius 1 is 1.11 bits per heavy atom. The molecule has 0 amide bonds. The molecule has 1 aromatic heterocycles. The topological polar surface area (TPSA) is 93.2 Å². The Morgan fingerprint density at radius 2 is 1.85 bits per heavy atom. The van der Waals surface area contributed by atoms with Crippen LogP contribution in [0.5, 0.6) is 0 Å². The molecule has 0 spiro atoms. The van der Waals surface area contributed by atoms with Crippen LogP contribution < -0.4 is 4.72 Å². The summed E-state index contributed by atoms with van der Waals surface area (Å²) < 4.78 is 52.4. The Bertz CT molecular complexity index is 1190. The lowest BCUT2D eigenvalue weighted by atomic mass is 10.2. The van der Waals surface area contributed by atoms with Crippen LogP contribution in [0.2, 0.25) is 5.02 Å². The first-order chi connectivity index (χ1) is 12.7. The largest absolute Gasteiger partial charge is 0.283 e. The predicted molar refractivity (Wildman–Crippen MR) is 110 cm³/mol. The smallest absolute Gasteiger partial charge is 0.236 e. The van der Waals surface area contributed by atoms with Gasteiger partial charge in [-0.2, -0.15) is 0 Å². The number of hydrogen-bond donors (Lipinski definition) is 1. The van der Waals surface area contributed by atoms with Crippen molar-refractivity contribution in [2.75, 3.05) is 10.5 Å². The molecule has 3 aromatic rings. The van der Waals surface area contributed by atoms with Crippen molar-refractivity contribution in [2.24, 2.45) is 0 Å². The standard InChI is InChI=1S/C17H17ClN2O4S3/c1-2-9-26(21,22)17-19-15-8-7-13(10-16(15)25-17)20-27(23,24)11-12-5-3-4-6-14(12)18/h3-8,10,20H,2,9,11H2,1H3. The summed E-state index contributed by atoms with van der Waals surface area (Å²) >= 11 is 7.06. The molecule has 27 heavy (non-hydrogen) atoms. The first kappa shape index (κ1) is 20.1. The summed E-state index contributed by atoms with van der Waals surface area (Å²) in [5.41, 5.74) is 1.36. The van der Waals surface area contributed by atoms with E-state index < -0.39 is 19.9 Å². The van der Waals surface area contributed by atoms with Crippen LogP contribution in [0, 0.1) is 0 Å². The van der Waals surface area contributed by atoms with Crippen molar-refractivity contribution in [2.45, 2.75) is 23.4 Å². The molecule has 0 atom stereocenters. The highest BCUT2D eigenvalue weighted by atomic mass is 35.5. The minimum absolute atomic E-state index is 0.0319. The predicted octanol–water partition coefficient (Wildman–Crippen LogP) is 4.08. The number of rotatable bonds is 7. The van der Waals surface area contributed by atoms with Gasteiger partial charge in [-0.25, -0.2) is 21.8 Å². The maximum atomic E-state index is 12.4. The van der Waals surface area contributed by atoms with Gasteiger partial charge in [0.2, 0.25) is 24.2 Å². The lowest BCUT2D eigenvalue weighted by Crippen LogP contribution is -2.15. The highest BCUT2D eigenvalue weighted by Gasteiger charge is 2.19. The van der Waals surface area contributed by atoms with Crippen molar-refractivity contribution in [1.82, 2.24) is 4.98 Å². The van der Waals surface area contributed by atoms with Crippen LogP contribution in [-0.2, 0) is 25.6 Å². The van der Waals surface area contributed by atoms with Crippen molar-refractivity contribution in [3.63, 3.8) is 0 Å². The Labute approximate surface area is 167 Å². The number of nitrogens with one attached hydrogen (secondary N) is 1. The highest BCUT2D eigenvalue weighted by molar-refractivity contribution is 7.93. The molecule has 1 heterocycles. The quantitative estimate of drug-likeness (QED) is 0.592. The zero-order chi connectivity index (χ0) is 19.7. The lowest BCUT2D eigenvalue weighted by molar-refractivity contribution is 0.593. The molecule has 0 bridgehead atoms. The van der Waals surface area contributed by atoms with E-state index in [1.54, 1.807) is 49.4 Å². The van der Waals surface area contributed by atoms with E-state index >= 15 is 0 Å². The summed E-state index contributed by atoms with van der Waals surface area (Å²) in [6.45, 7) is 1.79. The summed E-state index contributed by atoms with van der Waals surface area (Å²) in [4.78, 5) is 4.16. The van der Waals surface area contributed by atoms with Gasteiger partial charge < -0.3 is 0 Å². The number of thiazole rings is 1. The van der Waals surface area contributed by atoms with Crippen LogP contribution in [0.1, 0.15) is 18.9 Å². The van der Waals surface area contributed by atoms with Crippen molar-refractivity contribution in [3.8, 4) is 0 Å². The summed E-state index contributed by atoms with van der Waals surface area (Å²) in [6.07, 6.45) is 0.505. The normalized spacial score (nSPS) is 12.4. The molecule has 0 aliphatic carbocycles. The Kier molecular flexibility index (Phi) is 5.76. The van der Waals surface area contributed by atoms with Gasteiger partial charge in [0, 0.05) is 5.02 Å². The SMILES string of the molecule is CCCS(=O)(=O)c1nc2ccc(NS(=O)(=O)Cc3ccccc3Cl)cc2s1. The monoisotopic (exact) mass is 444 g/mol. The first-order valence-electron chi connectivity index (χ1n) is 8.07. The minimum Gasteiger partial charge on any atom is -0.283 e. The number of nitrogens with zero attached hydrogens (tertiary/aromatic N) is 1. The number of halogens is 1. The number of benzene rings is 2. The number of sulfonamides is 1. The van der Waals surface area contributed by atoms with Crippen LogP contribution in [0.25, 0.3) is 10.2 Å². The van der Waals surface area contributed by atoms with Crippen LogP contribution in [0.15, 0.2) is 46.8 Å². The molecule has 0 fully saturated rings. The van der Waals surface area contributed by atoms with Crippen LogP contribution >= 0.6 is 22.9 Å². The second-order valence-electron chi connectivity index (χ2n) is 5.93. The fourth-order valence-corrected chi connectivity index (χ4v) is 6.71. The Morgan fingerprint density at radius 3 is 2.56 bits per heavy atom. The van der Waals surface area contributed by atoms with Crippen LogP contribution in [0.3, 0.4) is 0 Å². The van der Waals surface area contributed by atoms with E-state index in [2.05, 4.69) is 9.71 Å². The number of aromatic nitrogens is 1. The van der Waals surface area contributed by atoms with Crippen molar-refractivity contribution >= 4 is 58.7 Å². The van der Waals surface area contributed by atoms with Gasteiger partial charge in [0.1, 0.15) is 0 Å². The maximum Gasteiger partial charge on any atom is 0.236 e. The van der Waals surface area contributed by atoms with E-state index in [4.69, 9.17) is 11.6 Å². The van der Waals surface area contributed by atoms with Crippen LogP contribution in [-0.4, -0.2) is 27.6 Å². The highest BCUT2D eigenvalue weighted by Crippen LogP contribution is 2.29. The third-order valence-corrected chi connectivity index (χ3v) is 8.68. The van der Waals surface area contributed by atoms with E-state index in [9.17, 15) is 16.8 Å². The van der Waals surface area contributed by atoms with E-state index in [-0.39, 0.29) is 15.8 Å². The van der Waals surface area contributed by atoms with Gasteiger partial charge in [0.15, 0.2) is 0 Å². The minimum atomic E-state index is -3.68. The molecule has 1 N–H and O–H groups in total. The average Bonchev–Trinajstić information content (AvgIpc) is 3.00. The molecule has 0 aliphatic rings. The molecule has 2 aromatic carbocycles. The number of sulfone groups is 1. The van der Waals surface area contributed by atoms with Gasteiger partial charge >= 0.3 is 0 Å². The molecule has 10 heteroatoms. The number of hydrogen-bond acceptors (Lipinski definition) is 6. The third kappa shape index (κ3) is 4.78. The summed E-state index contributed by atoms with van der Waals surface area (Å²) in [6, 6.07) is 11.5. The summed E-state index contributed by atoms with van der Waals surface area (Å²) in [5, 5.41) is 0.381. The van der Waals surface area contributed by atoms with E-state index in [0.29, 0.717) is 32.9 Å². The van der Waals surface area contributed by atoms with E-state index in [1.165, 1.54) is 0 Å². The zero-order valence-corrected chi connectivity index (χ0v) is 17.6. The molecule has 0 aliphatic heterocycles. The van der Waals surface area contributed by atoms with Crippen molar-refractivity contribution < 1.29 is 16.8 Å². The van der Waals surface area contributed by atoms with Crippen molar-refractivity contribution in [1.29, 1.82) is 0 Å². The van der Waals surface area contributed by atoms with E-state index in [0.717, 1.165) is 11.3 Å². The molecular weight excluding hydrogens is 428 g/mol. The van der Waals surface area contributed by atoms with Crippen LogP contribution in [0.4, 0.5) is 5.69 Å². The fourth-order valence-electron chi connectivity index (χ4n) is 2.49. The van der Waals surface area contributed by atoms with E-state index in [1.807, 2.05) is 0 Å². The number of fused-ring (bicyclic) bond motifs is 1. The van der Waals surface area contributed by atoms with Gasteiger partial charge in [0.25, 0.3) is 0 Å². The Balaban J connectivity index is 1.86. The third-order valence-electron chi connectivity index (χ3n) is 3.68. The van der Waals surface area contributed by atoms with Crippen molar-refractivity contribution in [3.05, 3.63) is 53.1 Å². The first-order valence-corrected chi connectivity index (χ1v) is 12.6. The lowest BCUT2D eigenvalue weighted by Gasteiger charge is -2.09. The Hall–Kier alpha value is -1.68. The van der Waals surface area contributed by atoms with Gasteiger partial charge in [-0.3, -0.25) is 4.72 Å². The van der Waals surface area contributed by atoms with Gasteiger partial charge in [-0.05, 0) is 36.2 Å². The zero-order valence-electron chi connectivity index (χ0n) is 14.3. The number of anilines is 1. The van der Waals surface area contributed by atoms with Gasteiger partial charge in [-0.15, -0.1) is 11.3 Å². The molecule has 3 rings (SSSR count). The average molecular weight is 445 g/mol. The maximum absolute atomic E-state index is 12.4. The molecule has 0 unspecified atom stereocenters. The molecule has 0 saturated carbocycles. The molecule has 0 radical (unpaired) electrons. The van der Waals surface area contributed by atoms with Gasteiger partial charge in [0.05, 0.1) is 27.4 Å². The molecule has 6 nitrogen and oxygen atoms in total. The summed E-state index contributed by atoms with van der Waals surface area (Å²) in [7, 11) is -7.09.